The second kappa shape index (κ2) is 7.28. The molecule has 5 nitrogen and oxygen atoms in total. The molecule has 0 aliphatic carbocycles. The van der Waals surface area contributed by atoms with E-state index in [1.54, 1.807) is 25.3 Å². The first-order valence-electron chi connectivity index (χ1n) is 6.13. The minimum absolute atomic E-state index is 0.0620. The summed E-state index contributed by atoms with van der Waals surface area (Å²) in [4.78, 5) is 23.8. The van der Waals surface area contributed by atoms with Crippen LogP contribution in [0.1, 0.15) is 24.2 Å². The number of esters is 1. The van der Waals surface area contributed by atoms with Crippen molar-refractivity contribution in [1.82, 2.24) is 5.32 Å². The normalized spacial score (nSPS) is 11.9. The van der Waals surface area contributed by atoms with E-state index in [1.165, 1.54) is 7.11 Å². The van der Waals surface area contributed by atoms with Crippen molar-refractivity contribution < 1.29 is 19.1 Å². The van der Waals surface area contributed by atoms with Gasteiger partial charge in [-0.25, -0.2) is 4.79 Å². The van der Waals surface area contributed by atoms with Crippen LogP contribution in [0.25, 0.3) is 0 Å². The summed E-state index contributed by atoms with van der Waals surface area (Å²) in [5.41, 5.74) is 0.437. The van der Waals surface area contributed by atoms with Gasteiger partial charge in [-0.3, -0.25) is 4.79 Å². The number of nitrogens with one attached hydrogen (secondary N) is 1. The van der Waals surface area contributed by atoms with Crippen LogP contribution < -0.4 is 10.1 Å². The number of hydrogen-bond acceptors (Lipinski definition) is 4. The van der Waals surface area contributed by atoms with Crippen LogP contribution in [0.15, 0.2) is 22.7 Å². The highest BCUT2D eigenvalue weighted by molar-refractivity contribution is 9.10. The number of carbonyl (C=O) groups excluding carboxylic acids is 2. The van der Waals surface area contributed by atoms with E-state index in [-0.39, 0.29) is 11.8 Å². The van der Waals surface area contributed by atoms with E-state index in [4.69, 9.17) is 4.74 Å². The van der Waals surface area contributed by atoms with Gasteiger partial charge in [-0.2, -0.15) is 0 Å². The molecular weight excluding hydrogens is 326 g/mol. The zero-order valence-corrected chi connectivity index (χ0v) is 13.5. The predicted molar refractivity (Wildman–Crippen MR) is 78.8 cm³/mol. The lowest BCUT2D eigenvalue weighted by Crippen LogP contribution is -2.45. The molecule has 0 bridgehead atoms. The van der Waals surface area contributed by atoms with Crippen LogP contribution in [0.5, 0.6) is 5.75 Å². The second-order valence-electron chi connectivity index (χ2n) is 4.57. The Balaban J connectivity index is 2.89. The monoisotopic (exact) mass is 343 g/mol. The van der Waals surface area contributed by atoms with Crippen molar-refractivity contribution in [2.45, 2.75) is 19.9 Å². The molecule has 1 amide bonds. The third-order valence-electron chi connectivity index (χ3n) is 2.82. The first kappa shape index (κ1) is 16.5. The summed E-state index contributed by atoms with van der Waals surface area (Å²) in [7, 11) is 2.85. The molecule has 1 rings (SSSR count). The van der Waals surface area contributed by atoms with Gasteiger partial charge in [-0.1, -0.05) is 13.8 Å². The van der Waals surface area contributed by atoms with Crippen molar-refractivity contribution in [1.29, 1.82) is 0 Å². The highest BCUT2D eigenvalue weighted by Gasteiger charge is 2.25. The number of halogens is 1. The molecule has 0 spiro atoms. The number of amides is 1. The average Bonchev–Trinajstić information content (AvgIpc) is 2.43. The minimum Gasteiger partial charge on any atom is -0.496 e. The average molecular weight is 344 g/mol. The zero-order valence-electron chi connectivity index (χ0n) is 11.9. The molecule has 0 radical (unpaired) electrons. The van der Waals surface area contributed by atoms with Gasteiger partial charge in [-0.15, -0.1) is 0 Å². The second-order valence-corrected chi connectivity index (χ2v) is 5.42. The lowest BCUT2D eigenvalue weighted by molar-refractivity contribution is -0.144. The van der Waals surface area contributed by atoms with Gasteiger partial charge in [0, 0.05) is 5.56 Å². The van der Waals surface area contributed by atoms with Crippen molar-refractivity contribution in [3.8, 4) is 5.75 Å². The maximum Gasteiger partial charge on any atom is 0.328 e. The third kappa shape index (κ3) is 3.96. The van der Waals surface area contributed by atoms with Crippen LogP contribution in [0.3, 0.4) is 0 Å². The Morgan fingerprint density at radius 2 is 1.90 bits per heavy atom. The fourth-order valence-electron chi connectivity index (χ4n) is 1.66. The highest BCUT2D eigenvalue weighted by atomic mass is 79.9. The molecule has 20 heavy (non-hydrogen) atoms. The summed E-state index contributed by atoms with van der Waals surface area (Å²) in [6, 6.07) is 4.28. The zero-order chi connectivity index (χ0) is 15.3. The number of hydrogen-bond donors (Lipinski definition) is 1. The Kier molecular flexibility index (Phi) is 6.01. The molecule has 1 atom stereocenters. The molecule has 0 saturated heterocycles. The number of carbonyl (C=O) groups is 2. The van der Waals surface area contributed by atoms with E-state index < -0.39 is 12.0 Å². The Labute approximate surface area is 126 Å². The SMILES string of the molecule is COC(=O)[C@@H](NC(=O)c1ccc(OC)c(Br)c1)C(C)C. The van der Waals surface area contributed by atoms with Gasteiger partial charge in [0.15, 0.2) is 0 Å². The summed E-state index contributed by atoms with van der Waals surface area (Å²) >= 11 is 3.32. The molecule has 0 unspecified atom stereocenters. The molecule has 0 aliphatic heterocycles. The lowest BCUT2D eigenvalue weighted by Gasteiger charge is -2.20. The van der Waals surface area contributed by atoms with Gasteiger partial charge in [0.1, 0.15) is 11.8 Å². The number of benzene rings is 1. The fraction of sp³-hybridized carbons (Fsp3) is 0.429. The van der Waals surface area contributed by atoms with Crippen LogP contribution in [-0.2, 0) is 9.53 Å². The fourth-order valence-corrected chi connectivity index (χ4v) is 2.20. The molecule has 1 aromatic rings. The van der Waals surface area contributed by atoms with E-state index in [2.05, 4.69) is 26.0 Å². The molecule has 110 valence electrons. The maximum atomic E-state index is 12.2. The molecule has 0 fully saturated rings. The minimum atomic E-state index is -0.673. The van der Waals surface area contributed by atoms with Crippen molar-refractivity contribution in [2.75, 3.05) is 14.2 Å². The topological polar surface area (TPSA) is 64.6 Å². The van der Waals surface area contributed by atoms with E-state index in [0.717, 1.165) is 0 Å². The predicted octanol–water partition coefficient (Wildman–Crippen LogP) is 2.39. The van der Waals surface area contributed by atoms with Gasteiger partial charge in [0.25, 0.3) is 5.91 Å². The van der Waals surface area contributed by atoms with Gasteiger partial charge in [0.05, 0.1) is 18.7 Å². The standard InChI is InChI=1S/C14H18BrNO4/c1-8(2)12(14(18)20-4)16-13(17)9-5-6-11(19-3)10(15)7-9/h5-8,12H,1-4H3,(H,16,17)/t12-/m0/s1. The summed E-state index contributed by atoms with van der Waals surface area (Å²) in [6.07, 6.45) is 0. The van der Waals surface area contributed by atoms with E-state index in [1.807, 2.05) is 13.8 Å². The van der Waals surface area contributed by atoms with Gasteiger partial charge < -0.3 is 14.8 Å². The van der Waals surface area contributed by atoms with Gasteiger partial charge in [0.2, 0.25) is 0 Å². The smallest absolute Gasteiger partial charge is 0.328 e. The first-order valence-corrected chi connectivity index (χ1v) is 6.92. The molecule has 0 heterocycles. The lowest BCUT2D eigenvalue weighted by atomic mass is 10.0. The van der Waals surface area contributed by atoms with Crippen molar-refractivity contribution >= 4 is 27.8 Å². The Hall–Kier alpha value is -1.56. The summed E-state index contributed by atoms with van der Waals surface area (Å²) in [5, 5.41) is 2.67. The Morgan fingerprint density at radius 3 is 2.35 bits per heavy atom. The quantitative estimate of drug-likeness (QED) is 0.833. The van der Waals surface area contributed by atoms with Crippen LogP contribution in [0.4, 0.5) is 0 Å². The molecule has 0 aliphatic rings. The third-order valence-corrected chi connectivity index (χ3v) is 3.44. The number of methoxy groups -OCH3 is 2. The highest BCUT2D eigenvalue weighted by Crippen LogP contribution is 2.25. The number of ether oxygens (including phenoxy) is 2. The summed E-state index contributed by atoms with van der Waals surface area (Å²) in [6.45, 7) is 3.68. The van der Waals surface area contributed by atoms with Gasteiger partial charge >= 0.3 is 5.97 Å². The van der Waals surface area contributed by atoms with E-state index in [0.29, 0.717) is 15.8 Å². The Morgan fingerprint density at radius 1 is 1.25 bits per heavy atom. The van der Waals surface area contributed by atoms with Crippen molar-refractivity contribution in [2.24, 2.45) is 5.92 Å². The molecule has 1 aromatic carbocycles. The molecule has 0 saturated carbocycles. The van der Waals surface area contributed by atoms with Gasteiger partial charge in [-0.05, 0) is 40.0 Å². The number of rotatable bonds is 5. The van der Waals surface area contributed by atoms with E-state index >= 15 is 0 Å². The summed E-state index contributed by atoms with van der Waals surface area (Å²) in [5.74, 6) is -0.221. The van der Waals surface area contributed by atoms with Crippen LogP contribution in [-0.4, -0.2) is 32.1 Å². The molecular formula is C14H18BrNO4. The van der Waals surface area contributed by atoms with Crippen LogP contribution >= 0.6 is 15.9 Å². The van der Waals surface area contributed by atoms with Crippen LogP contribution in [0, 0.1) is 5.92 Å². The largest absolute Gasteiger partial charge is 0.496 e. The molecule has 6 heteroatoms. The van der Waals surface area contributed by atoms with Crippen molar-refractivity contribution in [3.63, 3.8) is 0 Å². The molecule has 1 N–H and O–H groups in total. The first-order chi connectivity index (χ1) is 9.40. The van der Waals surface area contributed by atoms with Crippen LogP contribution in [0.2, 0.25) is 0 Å². The van der Waals surface area contributed by atoms with Crippen molar-refractivity contribution in [3.05, 3.63) is 28.2 Å². The Bertz CT molecular complexity index is 502. The molecule has 0 aromatic heterocycles. The van der Waals surface area contributed by atoms with E-state index in [9.17, 15) is 9.59 Å². The summed E-state index contributed by atoms with van der Waals surface area (Å²) < 4.78 is 10.5. The maximum absolute atomic E-state index is 12.2.